The lowest BCUT2D eigenvalue weighted by Crippen LogP contribution is -2.33. The van der Waals surface area contributed by atoms with Crippen LogP contribution >= 0.6 is 23.2 Å². The van der Waals surface area contributed by atoms with E-state index < -0.39 is 23.8 Å². The summed E-state index contributed by atoms with van der Waals surface area (Å²) < 4.78 is 10.6. The molecule has 0 saturated carbocycles. The summed E-state index contributed by atoms with van der Waals surface area (Å²) in [5.74, 6) is -2.41. The molecule has 194 valence electrons. The van der Waals surface area contributed by atoms with E-state index in [1.54, 1.807) is 37.3 Å². The van der Waals surface area contributed by atoms with Gasteiger partial charge in [-0.05, 0) is 73.5 Å². The molecule has 0 radical (unpaired) electrons. The van der Waals surface area contributed by atoms with Crippen molar-refractivity contribution in [3.05, 3.63) is 99.2 Å². The number of carbonyl (C=O) groups is 4. The standard InChI is InChI=1S/C28H22Cl2N2O6/c1-3-14-37-28(36)20-6-4-5-7-22(20)32-25(33)23(30)24(26(32)34)31-18-10-8-17(9-11-18)27(35)38-19-12-13-21(29)16(2)15-19/h4-13,15,31H,3,14H2,1-2H3. The normalized spacial score (nSPS) is 13.1. The first-order valence-electron chi connectivity index (χ1n) is 11.6. The lowest BCUT2D eigenvalue weighted by atomic mass is 10.1. The van der Waals surface area contributed by atoms with Crippen molar-refractivity contribution in [1.82, 2.24) is 0 Å². The zero-order valence-corrected chi connectivity index (χ0v) is 21.9. The number of benzene rings is 3. The predicted molar refractivity (Wildman–Crippen MR) is 144 cm³/mol. The highest BCUT2D eigenvalue weighted by Crippen LogP contribution is 2.32. The Kier molecular flexibility index (Phi) is 8.14. The number of para-hydroxylation sites is 1. The number of ether oxygens (including phenoxy) is 2. The molecule has 4 rings (SSSR count). The van der Waals surface area contributed by atoms with E-state index in [9.17, 15) is 19.2 Å². The van der Waals surface area contributed by atoms with Crippen LogP contribution in [0, 0.1) is 6.92 Å². The van der Waals surface area contributed by atoms with Gasteiger partial charge in [0.1, 0.15) is 16.5 Å². The van der Waals surface area contributed by atoms with E-state index in [-0.39, 0.29) is 34.2 Å². The number of nitrogens with one attached hydrogen (secondary N) is 1. The van der Waals surface area contributed by atoms with Crippen LogP contribution in [0.15, 0.2) is 77.5 Å². The molecule has 0 bridgehead atoms. The van der Waals surface area contributed by atoms with Gasteiger partial charge in [0, 0.05) is 10.7 Å². The van der Waals surface area contributed by atoms with Crippen molar-refractivity contribution in [1.29, 1.82) is 0 Å². The maximum Gasteiger partial charge on any atom is 0.343 e. The lowest BCUT2D eigenvalue weighted by molar-refractivity contribution is -0.120. The van der Waals surface area contributed by atoms with Crippen molar-refractivity contribution in [2.24, 2.45) is 0 Å². The van der Waals surface area contributed by atoms with Crippen LogP contribution in [0.25, 0.3) is 0 Å². The van der Waals surface area contributed by atoms with Gasteiger partial charge in [-0.3, -0.25) is 9.59 Å². The number of anilines is 2. The summed E-state index contributed by atoms with van der Waals surface area (Å²) in [5, 5.41) is 3.06. The maximum absolute atomic E-state index is 13.2. The highest BCUT2D eigenvalue weighted by molar-refractivity contribution is 6.53. The molecule has 3 aromatic rings. The molecule has 0 aliphatic carbocycles. The Morgan fingerprint density at radius 1 is 0.921 bits per heavy atom. The van der Waals surface area contributed by atoms with Gasteiger partial charge < -0.3 is 14.8 Å². The zero-order chi connectivity index (χ0) is 27.4. The van der Waals surface area contributed by atoms with Gasteiger partial charge in [0.15, 0.2) is 0 Å². The van der Waals surface area contributed by atoms with Crippen molar-refractivity contribution in [2.75, 3.05) is 16.8 Å². The van der Waals surface area contributed by atoms with Crippen LogP contribution in [0.1, 0.15) is 39.6 Å². The second-order valence-electron chi connectivity index (χ2n) is 8.29. The Morgan fingerprint density at radius 2 is 1.63 bits per heavy atom. The fourth-order valence-electron chi connectivity index (χ4n) is 3.62. The molecule has 0 unspecified atom stereocenters. The van der Waals surface area contributed by atoms with Gasteiger partial charge in [-0.2, -0.15) is 0 Å². The minimum atomic E-state index is -0.784. The first-order chi connectivity index (χ1) is 18.2. The fourth-order valence-corrected chi connectivity index (χ4v) is 3.95. The number of amides is 2. The summed E-state index contributed by atoms with van der Waals surface area (Å²) in [6.45, 7) is 3.85. The Hall–Kier alpha value is -4.14. The molecule has 0 atom stereocenters. The highest BCUT2D eigenvalue weighted by atomic mass is 35.5. The van der Waals surface area contributed by atoms with E-state index in [1.165, 1.54) is 36.4 Å². The van der Waals surface area contributed by atoms with Crippen LogP contribution < -0.4 is 15.0 Å². The molecule has 3 aromatic carbocycles. The average Bonchev–Trinajstić information content (AvgIpc) is 3.12. The van der Waals surface area contributed by atoms with Gasteiger partial charge in [0.25, 0.3) is 11.8 Å². The third-order valence-corrected chi connectivity index (χ3v) is 6.33. The molecular weight excluding hydrogens is 531 g/mol. The van der Waals surface area contributed by atoms with E-state index in [0.717, 1.165) is 10.5 Å². The summed E-state index contributed by atoms with van der Waals surface area (Å²) >= 11 is 12.2. The van der Waals surface area contributed by atoms with E-state index in [2.05, 4.69) is 5.32 Å². The second-order valence-corrected chi connectivity index (χ2v) is 9.08. The van der Waals surface area contributed by atoms with E-state index >= 15 is 0 Å². The molecule has 1 aliphatic rings. The van der Waals surface area contributed by atoms with Gasteiger partial charge in [-0.1, -0.05) is 42.3 Å². The van der Waals surface area contributed by atoms with Gasteiger partial charge in [-0.25, -0.2) is 14.5 Å². The SMILES string of the molecule is CCCOC(=O)c1ccccc1N1C(=O)C(Cl)=C(Nc2ccc(C(=O)Oc3ccc(Cl)c(C)c3)cc2)C1=O. The smallest absolute Gasteiger partial charge is 0.343 e. The molecular formula is C28H22Cl2N2O6. The molecule has 0 saturated heterocycles. The third kappa shape index (κ3) is 5.56. The van der Waals surface area contributed by atoms with Gasteiger partial charge in [0.2, 0.25) is 0 Å². The summed E-state index contributed by atoms with van der Waals surface area (Å²) in [6, 6.07) is 17.1. The van der Waals surface area contributed by atoms with Gasteiger partial charge in [-0.15, -0.1) is 0 Å². The van der Waals surface area contributed by atoms with Gasteiger partial charge >= 0.3 is 11.9 Å². The molecule has 1 aliphatic heterocycles. The maximum atomic E-state index is 13.2. The Balaban J connectivity index is 1.50. The van der Waals surface area contributed by atoms with Crippen LogP contribution in [0.5, 0.6) is 5.75 Å². The first-order valence-corrected chi connectivity index (χ1v) is 12.4. The molecule has 0 aromatic heterocycles. The van der Waals surface area contributed by atoms with Crippen molar-refractivity contribution in [3.63, 3.8) is 0 Å². The molecule has 8 nitrogen and oxygen atoms in total. The molecule has 2 amide bonds. The number of halogens is 2. The van der Waals surface area contributed by atoms with Crippen LogP contribution in [-0.2, 0) is 14.3 Å². The number of hydrogen-bond donors (Lipinski definition) is 1. The number of hydrogen-bond acceptors (Lipinski definition) is 7. The quantitative estimate of drug-likeness (QED) is 0.212. The largest absolute Gasteiger partial charge is 0.462 e. The van der Waals surface area contributed by atoms with Crippen LogP contribution in [0.4, 0.5) is 11.4 Å². The topological polar surface area (TPSA) is 102 Å². The van der Waals surface area contributed by atoms with E-state index in [1.807, 2.05) is 6.92 Å². The second kappa shape index (κ2) is 11.5. The molecule has 1 heterocycles. The van der Waals surface area contributed by atoms with Crippen LogP contribution in [-0.4, -0.2) is 30.4 Å². The summed E-state index contributed by atoms with van der Waals surface area (Å²) in [6.07, 6.45) is 0.619. The number of esters is 2. The summed E-state index contributed by atoms with van der Waals surface area (Å²) in [4.78, 5) is 52.0. The molecule has 10 heteroatoms. The Labute approximate surface area is 228 Å². The summed E-state index contributed by atoms with van der Waals surface area (Å²) in [7, 11) is 0. The lowest BCUT2D eigenvalue weighted by Gasteiger charge is -2.18. The molecule has 38 heavy (non-hydrogen) atoms. The predicted octanol–water partition coefficient (Wildman–Crippen LogP) is 5.87. The Bertz CT molecular complexity index is 1470. The first kappa shape index (κ1) is 26.9. The zero-order valence-electron chi connectivity index (χ0n) is 20.4. The van der Waals surface area contributed by atoms with Crippen LogP contribution in [0.3, 0.4) is 0 Å². The number of aryl methyl sites for hydroxylation is 1. The van der Waals surface area contributed by atoms with Crippen LogP contribution in [0.2, 0.25) is 5.02 Å². The average molecular weight is 553 g/mol. The number of nitrogens with zero attached hydrogens (tertiary/aromatic N) is 1. The number of carbonyl (C=O) groups excluding carboxylic acids is 4. The fraction of sp³-hybridized carbons (Fsp3) is 0.143. The summed E-state index contributed by atoms with van der Waals surface area (Å²) in [5.41, 5.74) is 1.39. The van der Waals surface area contributed by atoms with E-state index in [4.69, 9.17) is 32.7 Å². The highest BCUT2D eigenvalue weighted by Gasteiger charge is 2.40. The van der Waals surface area contributed by atoms with Crippen molar-refractivity contribution in [3.8, 4) is 5.75 Å². The minimum Gasteiger partial charge on any atom is -0.462 e. The number of imide groups is 1. The Morgan fingerprint density at radius 3 is 2.32 bits per heavy atom. The molecule has 0 fully saturated rings. The van der Waals surface area contributed by atoms with E-state index in [0.29, 0.717) is 22.9 Å². The minimum absolute atomic E-state index is 0.0621. The molecule has 1 N–H and O–H groups in total. The molecule has 0 spiro atoms. The third-order valence-electron chi connectivity index (χ3n) is 5.56. The van der Waals surface area contributed by atoms with Crippen molar-refractivity contribution >= 4 is 58.3 Å². The van der Waals surface area contributed by atoms with Gasteiger partial charge in [0.05, 0.1) is 23.4 Å². The number of rotatable bonds is 8. The monoisotopic (exact) mass is 552 g/mol. The van der Waals surface area contributed by atoms with Crippen molar-refractivity contribution in [2.45, 2.75) is 20.3 Å². The van der Waals surface area contributed by atoms with Crippen molar-refractivity contribution < 1.29 is 28.7 Å².